The number of nitrogens with zero attached hydrogens (tertiary/aromatic N) is 2. The Bertz CT molecular complexity index is 557. The van der Waals surface area contributed by atoms with Crippen molar-refractivity contribution in [2.24, 2.45) is 5.92 Å². The number of likely N-dealkylation sites (tertiary alicyclic amines) is 1. The van der Waals surface area contributed by atoms with Crippen molar-refractivity contribution in [3.8, 4) is 0 Å². The molecule has 1 aromatic heterocycles. The first-order valence-electron chi connectivity index (χ1n) is 7.31. The zero-order chi connectivity index (χ0) is 15.3. The van der Waals surface area contributed by atoms with Gasteiger partial charge in [-0.3, -0.25) is 0 Å². The molecule has 2 rings (SSSR count). The number of rotatable bonds is 6. The molecule has 0 bridgehead atoms. The molecule has 0 aromatic carbocycles. The van der Waals surface area contributed by atoms with Gasteiger partial charge >= 0.3 is 0 Å². The summed E-state index contributed by atoms with van der Waals surface area (Å²) in [6.45, 7) is 5.56. The van der Waals surface area contributed by atoms with Crippen molar-refractivity contribution in [3.05, 3.63) is 24.1 Å². The minimum Gasteiger partial charge on any atom is -0.303 e. The molecule has 1 aliphatic heterocycles. The van der Waals surface area contributed by atoms with Crippen molar-refractivity contribution in [2.45, 2.75) is 31.2 Å². The first-order chi connectivity index (χ1) is 9.99. The molecule has 5 nitrogen and oxygen atoms in total. The van der Waals surface area contributed by atoms with Gasteiger partial charge in [-0.15, -0.1) is 0 Å². The average molecular weight is 315 g/mol. The van der Waals surface area contributed by atoms with E-state index in [1.807, 2.05) is 0 Å². The zero-order valence-corrected chi connectivity index (χ0v) is 13.1. The Labute approximate surface area is 125 Å². The van der Waals surface area contributed by atoms with Crippen molar-refractivity contribution in [1.29, 1.82) is 0 Å². The van der Waals surface area contributed by atoms with Crippen LogP contribution < -0.4 is 4.72 Å². The SMILES string of the molecule is CC1CCN(CCCNS(=O)(=O)c2ncccc2F)CC1. The topological polar surface area (TPSA) is 62.3 Å². The Kier molecular flexibility index (Phi) is 5.66. The van der Waals surface area contributed by atoms with Crippen molar-refractivity contribution in [1.82, 2.24) is 14.6 Å². The third-order valence-electron chi connectivity index (χ3n) is 3.80. The van der Waals surface area contributed by atoms with Crippen molar-refractivity contribution < 1.29 is 12.8 Å². The summed E-state index contributed by atoms with van der Waals surface area (Å²) in [6.07, 6.45) is 4.38. The summed E-state index contributed by atoms with van der Waals surface area (Å²) >= 11 is 0. The molecule has 1 aliphatic rings. The van der Waals surface area contributed by atoms with Crippen LogP contribution >= 0.6 is 0 Å². The highest BCUT2D eigenvalue weighted by molar-refractivity contribution is 7.89. The van der Waals surface area contributed by atoms with E-state index in [1.165, 1.54) is 25.1 Å². The lowest BCUT2D eigenvalue weighted by atomic mass is 9.99. The number of halogens is 1. The van der Waals surface area contributed by atoms with E-state index in [9.17, 15) is 12.8 Å². The van der Waals surface area contributed by atoms with Crippen LogP contribution in [0.5, 0.6) is 0 Å². The van der Waals surface area contributed by atoms with Crippen LogP contribution in [0.2, 0.25) is 0 Å². The van der Waals surface area contributed by atoms with E-state index in [0.29, 0.717) is 13.0 Å². The zero-order valence-electron chi connectivity index (χ0n) is 12.3. The van der Waals surface area contributed by atoms with Crippen molar-refractivity contribution in [3.63, 3.8) is 0 Å². The Morgan fingerprint density at radius 3 is 2.81 bits per heavy atom. The summed E-state index contributed by atoms with van der Waals surface area (Å²) in [5, 5.41) is -0.531. The highest BCUT2D eigenvalue weighted by Gasteiger charge is 2.20. The molecule has 2 heterocycles. The standard InChI is InChI=1S/C14H22FN3O2S/c1-12-5-10-18(11-6-12)9-3-8-17-21(19,20)14-13(15)4-2-7-16-14/h2,4,7,12,17H,3,5-6,8-11H2,1H3. The van der Waals surface area contributed by atoms with E-state index in [-0.39, 0.29) is 0 Å². The molecule has 0 radical (unpaired) electrons. The highest BCUT2D eigenvalue weighted by Crippen LogP contribution is 2.16. The molecule has 1 N–H and O–H groups in total. The van der Waals surface area contributed by atoms with Crippen LogP contribution in [0.25, 0.3) is 0 Å². The summed E-state index contributed by atoms with van der Waals surface area (Å²) in [7, 11) is -3.86. The molecule has 0 aliphatic carbocycles. The Balaban J connectivity index is 1.77. The Morgan fingerprint density at radius 2 is 2.14 bits per heavy atom. The van der Waals surface area contributed by atoms with Gasteiger partial charge in [-0.25, -0.2) is 22.5 Å². The molecule has 0 spiro atoms. The van der Waals surface area contributed by atoms with Gasteiger partial charge in [-0.1, -0.05) is 6.92 Å². The van der Waals surface area contributed by atoms with Crippen LogP contribution in [0, 0.1) is 11.7 Å². The molecule has 21 heavy (non-hydrogen) atoms. The average Bonchev–Trinajstić information content (AvgIpc) is 2.46. The first kappa shape index (κ1) is 16.3. The molecular weight excluding hydrogens is 293 g/mol. The van der Waals surface area contributed by atoms with Gasteiger partial charge in [0.25, 0.3) is 10.0 Å². The van der Waals surface area contributed by atoms with E-state index < -0.39 is 20.9 Å². The van der Waals surface area contributed by atoms with Crippen molar-refractivity contribution in [2.75, 3.05) is 26.2 Å². The van der Waals surface area contributed by atoms with E-state index in [4.69, 9.17) is 0 Å². The lowest BCUT2D eigenvalue weighted by Gasteiger charge is -2.30. The maximum absolute atomic E-state index is 13.4. The van der Waals surface area contributed by atoms with Gasteiger partial charge in [0.2, 0.25) is 5.03 Å². The molecule has 0 saturated carbocycles. The molecule has 1 fully saturated rings. The largest absolute Gasteiger partial charge is 0.303 e. The number of sulfonamides is 1. The van der Waals surface area contributed by atoms with Gasteiger partial charge in [0, 0.05) is 12.7 Å². The van der Waals surface area contributed by atoms with Crippen LogP contribution in [0.3, 0.4) is 0 Å². The fourth-order valence-corrected chi connectivity index (χ4v) is 3.51. The third kappa shape index (κ3) is 4.72. The summed E-state index contributed by atoms with van der Waals surface area (Å²) in [5.41, 5.74) is 0. The summed E-state index contributed by atoms with van der Waals surface area (Å²) in [4.78, 5) is 5.93. The molecule has 0 amide bonds. The summed E-state index contributed by atoms with van der Waals surface area (Å²) < 4.78 is 39.7. The fourth-order valence-electron chi connectivity index (χ4n) is 2.43. The predicted octanol–water partition coefficient (Wildman–Crippen LogP) is 1.62. The maximum atomic E-state index is 13.4. The van der Waals surface area contributed by atoms with E-state index in [2.05, 4.69) is 21.5 Å². The molecule has 118 valence electrons. The van der Waals surface area contributed by atoms with E-state index in [1.54, 1.807) is 0 Å². The highest BCUT2D eigenvalue weighted by atomic mass is 32.2. The number of nitrogens with one attached hydrogen (secondary N) is 1. The predicted molar refractivity (Wildman–Crippen MR) is 78.8 cm³/mol. The Morgan fingerprint density at radius 1 is 1.43 bits per heavy atom. The molecular formula is C14H22FN3O2S. The van der Waals surface area contributed by atoms with Crippen LogP contribution in [0.15, 0.2) is 23.4 Å². The van der Waals surface area contributed by atoms with Gasteiger partial charge < -0.3 is 4.90 Å². The van der Waals surface area contributed by atoms with Gasteiger partial charge in [0.15, 0.2) is 5.82 Å². The summed E-state index contributed by atoms with van der Waals surface area (Å²) in [5.74, 6) is -0.0399. The van der Waals surface area contributed by atoms with E-state index in [0.717, 1.165) is 31.6 Å². The molecule has 7 heteroatoms. The normalized spacial score (nSPS) is 18.0. The number of piperidine rings is 1. The number of hydrogen-bond acceptors (Lipinski definition) is 4. The fraction of sp³-hybridized carbons (Fsp3) is 0.643. The van der Waals surface area contributed by atoms with Crippen LogP contribution in [-0.2, 0) is 10.0 Å². The molecule has 1 saturated heterocycles. The Hall–Kier alpha value is -1.05. The first-order valence-corrected chi connectivity index (χ1v) is 8.80. The number of pyridine rings is 1. The lowest BCUT2D eigenvalue weighted by Crippen LogP contribution is -2.35. The van der Waals surface area contributed by atoms with Gasteiger partial charge in [0.05, 0.1) is 0 Å². The minimum atomic E-state index is -3.86. The third-order valence-corrected chi connectivity index (χ3v) is 5.19. The second-order valence-corrected chi connectivity index (χ2v) is 7.25. The number of hydrogen-bond donors (Lipinski definition) is 1. The van der Waals surface area contributed by atoms with Crippen LogP contribution in [0.4, 0.5) is 4.39 Å². The van der Waals surface area contributed by atoms with Gasteiger partial charge in [-0.05, 0) is 56.9 Å². The molecule has 1 aromatic rings. The maximum Gasteiger partial charge on any atom is 0.261 e. The van der Waals surface area contributed by atoms with E-state index >= 15 is 0 Å². The lowest BCUT2D eigenvalue weighted by molar-refractivity contribution is 0.191. The van der Waals surface area contributed by atoms with Crippen molar-refractivity contribution >= 4 is 10.0 Å². The van der Waals surface area contributed by atoms with Gasteiger partial charge in [0.1, 0.15) is 0 Å². The molecule has 0 unspecified atom stereocenters. The summed E-state index contributed by atoms with van der Waals surface area (Å²) in [6, 6.07) is 2.46. The molecule has 0 atom stereocenters. The minimum absolute atomic E-state index is 0.296. The second-order valence-electron chi connectivity index (χ2n) is 5.57. The monoisotopic (exact) mass is 315 g/mol. The van der Waals surface area contributed by atoms with Gasteiger partial charge in [-0.2, -0.15) is 0 Å². The quantitative estimate of drug-likeness (QED) is 0.810. The second kappa shape index (κ2) is 7.29. The van der Waals surface area contributed by atoms with Crippen LogP contribution in [0.1, 0.15) is 26.2 Å². The smallest absolute Gasteiger partial charge is 0.261 e. The van der Waals surface area contributed by atoms with Crippen LogP contribution in [-0.4, -0.2) is 44.5 Å². The number of aromatic nitrogens is 1.